The average molecular weight is 465 g/mol. The third kappa shape index (κ3) is 5.75. The van der Waals surface area contributed by atoms with Crippen molar-refractivity contribution < 1.29 is 14.3 Å². The van der Waals surface area contributed by atoms with E-state index in [2.05, 4.69) is 24.1 Å². The molecular formula is C21H28N4O4S2. The van der Waals surface area contributed by atoms with Gasteiger partial charge in [-0.1, -0.05) is 24.8 Å². The summed E-state index contributed by atoms with van der Waals surface area (Å²) in [6.07, 6.45) is 5.25. The molecule has 31 heavy (non-hydrogen) atoms. The summed E-state index contributed by atoms with van der Waals surface area (Å²) in [6, 6.07) is -0.548. The molecule has 2 aromatic heterocycles. The summed E-state index contributed by atoms with van der Waals surface area (Å²) in [4.78, 5) is 43.9. The van der Waals surface area contributed by atoms with E-state index in [1.165, 1.54) is 4.88 Å². The largest absolute Gasteiger partial charge is 0.385 e. The van der Waals surface area contributed by atoms with Gasteiger partial charge in [0.05, 0.1) is 11.1 Å². The zero-order valence-electron chi connectivity index (χ0n) is 17.9. The molecule has 0 aromatic carbocycles. The number of ether oxygens (including phenoxy) is 1. The van der Waals surface area contributed by atoms with Gasteiger partial charge in [-0.05, 0) is 37.2 Å². The summed E-state index contributed by atoms with van der Waals surface area (Å²) in [6.45, 7) is 7.23. The summed E-state index contributed by atoms with van der Waals surface area (Å²) in [5.41, 5.74) is 1.04. The van der Waals surface area contributed by atoms with Crippen molar-refractivity contribution in [2.24, 2.45) is 5.92 Å². The number of nitrogens with zero attached hydrogens (tertiary/aromatic N) is 2. The molecule has 2 heterocycles. The van der Waals surface area contributed by atoms with Crippen LogP contribution in [0.1, 0.15) is 30.2 Å². The highest BCUT2D eigenvalue weighted by atomic mass is 32.2. The van der Waals surface area contributed by atoms with Crippen LogP contribution in [0.4, 0.5) is 4.79 Å². The summed E-state index contributed by atoms with van der Waals surface area (Å²) < 4.78 is 6.47. The Morgan fingerprint density at radius 2 is 2.26 bits per heavy atom. The summed E-state index contributed by atoms with van der Waals surface area (Å²) >= 11 is 2.72. The first-order valence-corrected chi connectivity index (χ1v) is 12.1. The van der Waals surface area contributed by atoms with Gasteiger partial charge in [0.1, 0.15) is 4.83 Å². The van der Waals surface area contributed by atoms with E-state index in [9.17, 15) is 14.4 Å². The molecule has 1 aliphatic carbocycles. The number of allylic oxidation sites excluding steroid dienone is 1. The van der Waals surface area contributed by atoms with Gasteiger partial charge in [-0.2, -0.15) is 0 Å². The van der Waals surface area contributed by atoms with Gasteiger partial charge in [-0.15, -0.1) is 17.9 Å². The van der Waals surface area contributed by atoms with Crippen LogP contribution in [0.5, 0.6) is 0 Å². The lowest BCUT2D eigenvalue weighted by molar-refractivity contribution is -0.117. The number of amides is 3. The minimum Gasteiger partial charge on any atom is -0.385 e. The molecule has 10 heteroatoms. The summed E-state index contributed by atoms with van der Waals surface area (Å²) in [7, 11) is 1.59. The van der Waals surface area contributed by atoms with Crippen molar-refractivity contribution in [1.29, 1.82) is 0 Å². The minimum atomic E-state index is -0.548. The number of hydrogen-bond donors (Lipinski definition) is 2. The van der Waals surface area contributed by atoms with E-state index in [1.54, 1.807) is 29.1 Å². The number of carbonyl (C=O) groups excluding carboxylic acids is 2. The Labute approximate surface area is 189 Å². The smallest absolute Gasteiger partial charge is 0.321 e. The molecular weight excluding hydrogens is 436 g/mol. The second-order valence-electron chi connectivity index (χ2n) is 7.57. The SMILES string of the molecule is C=CCn1c(SCC(=O)NC(=O)NCCCOC)nc2sc3c(c2c1=O)CC[C@@H](C)C3. The highest BCUT2D eigenvalue weighted by Gasteiger charge is 2.24. The highest BCUT2D eigenvalue weighted by Crippen LogP contribution is 2.36. The lowest BCUT2D eigenvalue weighted by Gasteiger charge is -2.17. The monoisotopic (exact) mass is 464 g/mol. The van der Waals surface area contributed by atoms with E-state index in [-0.39, 0.29) is 11.3 Å². The average Bonchev–Trinajstić information content (AvgIpc) is 3.09. The number of thiophene rings is 1. The Morgan fingerprint density at radius 3 is 3.00 bits per heavy atom. The zero-order chi connectivity index (χ0) is 22.4. The van der Waals surface area contributed by atoms with E-state index in [1.807, 2.05) is 0 Å². The third-order valence-corrected chi connectivity index (χ3v) is 7.21. The molecule has 0 bridgehead atoms. The van der Waals surface area contributed by atoms with Gasteiger partial charge in [0, 0.05) is 31.7 Å². The van der Waals surface area contributed by atoms with Crippen molar-refractivity contribution in [1.82, 2.24) is 20.2 Å². The van der Waals surface area contributed by atoms with Crippen molar-refractivity contribution in [3.05, 3.63) is 33.4 Å². The maximum Gasteiger partial charge on any atom is 0.321 e. The number of rotatable bonds is 9. The molecule has 168 valence electrons. The molecule has 0 aliphatic heterocycles. The van der Waals surface area contributed by atoms with Gasteiger partial charge in [0.25, 0.3) is 5.56 Å². The highest BCUT2D eigenvalue weighted by molar-refractivity contribution is 7.99. The van der Waals surface area contributed by atoms with Crippen LogP contribution in [0.15, 0.2) is 22.6 Å². The van der Waals surface area contributed by atoms with Gasteiger partial charge in [-0.25, -0.2) is 9.78 Å². The first-order valence-electron chi connectivity index (χ1n) is 10.3. The fraction of sp³-hybridized carbons (Fsp3) is 0.524. The van der Waals surface area contributed by atoms with Gasteiger partial charge in [-0.3, -0.25) is 19.5 Å². The molecule has 0 radical (unpaired) electrons. The molecule has 0 saturated heterocycles. The predicted molar refractivity (Wildman–Crippen MR) is 124 cm³/mol. The number of imide groups is 1. The number of urea groups is 1. The molecule has 1 aliphatic rings. The van der Waals surface area contributed by atoms with Crippen LogP contribution in [-0.2, 0) is 28.9 Å². The first kappa shape index (κ1) is 23.5. The fourth-order valence-corrected chi connectivity index (χ4v) is 5.79. The van der Waals surface area contributed by atoms with E-state index in [4.69, 9.17) is 9.72 Å². The van der Waals surface area contributed by atoms with Crippen LogP contribution in [0.25, 0.3) is 10.2 Å². The van der Waals surface area contributed by atoms with Crippen molar-refractivity contribution >= 4 is 45.3 Å². The van der Waals surface area contributed by atoms with Crippen molar-refractivity contribution in [3.8, 4) is 0 Å². The lowest BCUT2D eigenvalue weighted by atomic mass is 9.89. The maximum absolute atomic E-state index is 13.2. The quantitative estimate of drug-likeness (QED) is 0.256. The van der Waals surface area contributed by atoms with Gasteiger partial charge in [0.2, 0.25) is 5.91 Å². The Bertz CT molecular complexity index is 1030. The van der Waals surface area contributed by atoms with Gasteiger partial charge in [0.15, 0.2) is 5.16 Å². The molecule has 0 spiro atoms. The Balaban J connectivity index is 1.73. The molecule has 8 nitrogen and oxygen atoms in total. The summed E-state index contributed by atoms with van der Waals surface area (Å²) in [5, 5.41) is 6.06. The van der Waals surface area contributed by atoms with Crippen LogP contribution in [0.2, 0.25) is 0 Å². The molecule has 2 N–H and O–H groups in total. The van der Waals surface area contributed by atoms with Crippen molar-refractivity contribution in [2.75, 3.05) is 26.0 Å². The second kappa shape index (κ2) is 10.9. The molecule has 1 atom stereocenters. The van der Waals surface area contributed by atoms with E-state index in [0.717, 1.165) is 41.4 Å². The topological polar surface area (TPSA) is 102 Å². The number of nitrogens with one attached hydrogen (secondary N) is 2. The normalized spacial score (nSPS) is 15.5. The van der Waals surface area contributed by atoms with Gasteiger partial charge < -0.3 is 10.1 Å². The third-order valence-electron chi connectivity index (χ3n) is 5.09. The number of hydrogen-bond acceptors (Lipinski definition) is 7. The number of thioether (sulfide) groups is 1. The van der Waals surface area contributed by atoms with Crippen LogP contribution in [-0.4, -0.2) is 47.5 Å². The first-order chi connectivity index (χ1) is 14.9. The van der Waals surface area contributed by atoms with Crippen LogP contribution in [0, 0.1) is 5.92 Å². The standard InChI is InChI=1S/C21H28N4O4S2/c1-4-9-25-19(27)17-14-7-6-13(2)11-15(14)31-18(17)24-21(25)30-12-16(26)23-20(28)22-8-5-10-29-3/h4,13H,1,5-12H2,2-3H3,(H2,22,23,26,28)/t13-/m1/s1. The Morgan fingerprint density at radius 1 is 1.45 bits per heavy atom. The molecule has 0 unspecified atom stereocenters. The number of carbonyl (C=O) groups is 2. The van der Waals surface area contributed by atoms with Crippen LogP contribution >= 0.6 is 23.1 Å². The van der Waals surface area contributed by atoms with Crippen molar-refractivity contribution in [2.45, 2.75) is 44.3 Å². The van der Waals surface area contributed by atoms with E-state index >= 15 is 0 Å². The molecule has 0 fully saturated rings. The lowest BCUT2D eigenvalue weighted by Crippen LogP contribution is -2.41. The fourth-order valence-electron chi connectivity index (χ4n) is 3.56. The van der Waals surface area contributed by atoms with E-state index in [0.29, 0.717) is 42.6 Å². The van der Waals surface area contributed by atoms with Crippen molar-refractivity contribution in [3.63, 3.8) is 0 Å². The number of methoxy groups -OCH3 is 1. The predicted octanol–water partition coefficient (Wildman–Crippen LogP) is 2.72. The zero-order valence-corrected chi connectivity index (χ0v) is 19.5. The Kier molecular flexibility index (Phi) is 8.28. The molecule has 0 saturated carbocycles. The number of aromatic nitrogens is 2. The maximum atomic E-state index is 13.2. The number of aryl methyl sites for hydroxylation is 1. The molecule has 3 amide bonds. The van der Waals surface area contributed by atoms with Crippen LogP contribution < -0.4 is 16.2 Å². The minimum absolute atomic E-state index is 0.0251. The second-order valence-corrected chi connectivity index (χ2v) is 9.60. The Hall–Kier alpha value is -2.17. The van der Waals surface area contributed by atoms with E-state index < -0.39 is 11.9 Å². The summed E-state index contributed by atoms with van der Waals surface area (Å²) in [5.74, 6) is 0.130. The molecule has 2 aromatic rings. The number of fused-ring (bicyclic) bond motifs is 3. The van der Waals surface area contributed by atoms with Crippen LogP contribution in [0.3, 0.4) is 0 Å². The van der Waals surface area contributed by atoms with Gasteiger partial charge >= 0.3 is 6.03 Å². The molecule has 3 rings (SSSR count).